The number of aryl methyl sites for hydroxylation is 1. The summed E-state index contributed by atoms with van der Waals surface area (Å²) in [5.74, 6) is -0.891. The molecule has 1 aromatic carbocycles. The number of aromatic nitrogens is 1. The number of benzene rings is 1. The minimum atomic E-state index is -0.326. The van der Waals surface area contributed by atoms with E-state index in [4.69, 9.17) is 0 Å². The molecule has 0 unspecified atom stereocenters. The minimum Gasteiger partial charge on any atom is -0.504 e. The number of nitrogens with zero attached hydrogens (tertiary/aromatic N) is 1. The number of carbonyl (C=O) groups excluding carboxylic acids is 1. The van der Waals surface area contributed by atoms with E-state index >= 15 is 0 Å². The number of pyridine rings is 1. The summed E-state index contributed by atoms with van der Waals surface area (Å²) in [5, 5.41) is 21.3. The minimum absolute atomic E-state index is 0.250. The van der Waals surface area contributed by atoms with Crippen LogP contribution in [0.5, 0.6) is 11.5 Å². The first kappa shape index (κ1) is 13.9. The molecule has 0 atom stereocenters. The average Bonchev–Trinajstić information content (AvgIpc) is 2.47. The van der Waals surface area contributed by atoms with Gasteiger partial charge in [-0.2, -0.15) is 0 Å². The lowest BCUT2D eigenvalue weighted by atomic mass is 10.1. The molecule has 5 nitrogen and oxygen atoms in total. The predicted octanol–water partition coefficient (Wildman–Crippen LogP) is 1.99. The Morgan fingerprint density at radius 3 is 2.75 bits per heavy atom. The highest BCUT2D eigenvalue weighted by Gasteiger charge is 2.09. The molecule has 2 aromatic rings. The molecule has 0 radical (unpaired) electrons. The Bertz CT molecular complexity index is 626. The Balaban J connectivity index is 2.06. The summed E-state index contributed by atoms with van der Waals surface area (Å²) < 4.78 is 0. The highest BCUT2D eigenvalue weighted by atomic mass is 16.3. The molecule has 20 heavy (non-hydrogen) atoms. The number of hydrogen-bond acceptors (Lipinski definition) is 4. The first-order valence-electron chi connectivity index (χ1n) is 6.34. The third-order valence-corrected chi connectivity index (χ3v) is 3.02. The zero-order chi connectivity index (χ0) is 14.5. The van der Waals surface area contributed by atoms with E-state index in [1.165, 1.54) is 18.2 Å². The van der Waals surface area contributed by atoms with Crippen LogP contribution in [-0.4, -0.2) is 21.1 Å². The first-order chi connectivity index (χ1) is 9.61. The second kappa shape index (κ2) is 6.06. The van der Waals surface area contributed by atoms with E-state index in [2.05, 4.69) is 10.3 Å². The summed E-state index contributed by atoms with van der Waals surface area (Å²) in [4.78, 5) is 16.2. The molecule has 104 valence electrons. The van der Waals surface area contributed by atoms with Crippen LogP contribution in [0.25, 0.3) is 0 Å². The van der Waals surface area contributed by atoms with Crippen LogP contribution < -0.4 is 5.32 Å². The van der Waals surface area contributed by atoms with Crippen molar-refractivity contribution in [2.24, 2.45) is 0 Å². The summed E-state index contributed by atoms with van der Waals surface area (Å²) in [6.45, 7) is 2.35. The van der Waals surface area contributed by atoms with Gasteiger partial charge in [0.25, 0.3) is 5.91 Å². The largest absolute Gasteiger partial charge is 0.504 e. The number of nitrogens with one attached hydrogen (secondary N) is 1. The van der Waals surface area contributed by atoms with Crippen molar-refractivity contribution >= 4 is 5.91 Å². The van der Waals surface area contributed by atoms with Gasteiger partial charge in [0.15, 0.2) is 11.5 Å². The number of phenols is 2. The molecule has 0 bridgehead atoms. The van der Waals surface area contributed by atoms with E-state index < -0.39 is 0 Å². The Hall–Kier alpha value is -2.56. The van der Waals surface area contributed by atoms with E-state index in [1.807, 2.05) is 19.1 Å². The second-order valence-corrected chi connectivity index (χ2v) is 4.35. The van der Waals surface area contributed by atoms with Crippen molar-refractivity contribution in [3.8, 4) is 11.5 Å². The fourth-order valence-corrected chi connectivity index (χ4v) is 1.88. The summed E-state index contributed by atoms with van der Waals surface area (Å²) in [7, 11) is 0. The maximum Gasteiger partial charge on any atom is 0.251 e. The van der Waals surface area contributed by atoms with E-state index in [-0.39, 0.29) is 23.0 Å². The van der Waals surface area contributed by atoms with E-state index in [9.17, 15) is 15.0 Å². The Kier molecular flexibility index (Phi) is 4.20. The number of hydrogen-bond donors (Lipinski definition) is 3. The average molecular weight is 272 g/mol. The van der Waals surface area contributed by atoms with Gasteiger partial charge in [-0.05, 0) is 36.2 Å². The van der Waals surface area contributed by atoms with Gasteiger partial charge in [0, 0.05) is 11.8 Å². The maximum atomic E-state index is 11.9. The van der Waals surface area contributed by atoms with E-state index in [0.29, 0.717) is 6.54 Å². The topological polar surface area (TPSA) is 82.5 Å². The van der Waals surface area contributed by atoms with Crippen LogP contribution >= 0.6 is 0 Å². The van der Waals surface area contributed by atoms with Crippen LogP contribution in [0.4, 0.5) is 0 Å². The van der Waals surface area contributed by atoms with Crippen molar-refractivity contribution in [1.82, 2.24) is 10.3 Å². The second-order valence-electron chi connectivity index (χ2n) is 4.35. The Labute approximate surface area is 116 Å². The molecule has 0 spiro atoms. The lowest BCUT2D eigenvalue weighted by Crippen LogP contribution is -2.23. The van der Waals surface area contributed by atoms with Crippen molar-refractivity contribution < 1.29 is 15.0 Å². The van der Waals surface area contributed by atoms with E-state index in [1.54, 1.807) is 6.20 Å². The van der Waals surface area contributed by atoms with Gasteiger partial charge in [-0.3, -0.25) is 9.78 Å². The molecule has 0 saturated heterocycles. The lowest BCUT2D eigenvalue weighted by Gasteiger charge is -2.08. The molecule has 0 saturated carbocycles. The highest BCUT2D eigenvalue weighted by molar-refractivity contribution is 5.94. The van der Waals surface area contributed by atoms with Gasteiger partial charge < -0.3 is 15.5 Å². The van der Waals surface area contributed by atoms with Gasteiger partial charge in [-0.1, -0.05) is 13.0 Å². The normalized spacial score (nSPS) is 10.2. The van der Waals surface area contributed by atoms with Crippen LogP contribution in [0.2, 0.25) is 0 Å². The molecule has 1 aromatic heterocycles. The van der Waals surface area contributed by atoms with Gasteiger partial charge in [0.2, 0.25) is 0 Å². The van der Waals surface area contributed by atoms with Crippen molar-refractivity contribution in [3.05, 3.63) is 53.3 Å². The van der Waals surface area contributed by atoms with Crippen LogP contribution in [0, 0.1) is 0 Å². The molecular weight excluding hydrogens is 256 g/mol. The number of carbonyl (C=O) groups is 1. The molecule has 1 amide bonds. The fourth-order valence-electron chi connectivity index (χ4n) is 1.88. The fraction of sp³-hybridized carbons (Fsp3) is 0.200. The monoisotopic (exact) mass is 272 g/mol. The van der Waals surface area contributed by atoms with Crippen molar-refractivity contribution in [2.45, 2.75) is 19.9 Å². The van der Waals surface area contributed by atoms with Crippen molar-refractivity contribution in [2.75, 3.05) is 0 Å². The molecule has 2 rings (SSSR count). The smallest absolute Gasteiger partial charge is 0.251 e. The number of phenolic OH excluding ortho intramolecular Hbond substituents is 2. The SMILES string of the molecule is CCc1cccnc1CNC(=O)c1ccc(O)c(O)c1. The Morgan fingerprint density at radius 1 is 1.25 bits per heavy atom. The van der Waals surface area contributed by atoms with Crippen molar-refractivity contribution in [1.29, 1.82) is 0 Å². The molecule has 0 fully saturated rings. The van der Waals surface area contributed by atoms with Gasteiger partial charge in [0.1, 0.15) is 0 Å². The quantitative estimate of drug-likeness (QED) is 0.743. The van der Waals surface area contributed by atoms with Gasteiger partial charge in [-0.25, -0.2) is 0 Å². The molecule has 1 heterocycles. The molecule has 5 heteroatoms. The summed E-state index contributed by atoms with van der Waals surface area (Å²) in [6, 6.07) is 7.79. The van der Waals surface area contributed by atoms with Crippen LogP contribution in [0.3, 0.4) is 0 Å². The molecule has 0 aliphatic rings. The number of aromatic hydroxyl groups is 2. The zero-order valence-corrected chi connectivity index (χ0v) is 11.1. The molecule has 3 N–H and O–H groups in total. The standard InChI is InChI=1S/C15H16N2O3/c1-2-10-4-3-7-16-12(10)9-17-15(20)11-5-6-13(18)14(19)8-11/h3-8,18-19H,2,9H2,1H3,(H,17,20). The third-order valence-electron chi connectivity index (χ3n) is 3.02. The van der Waals surface area contributed by atoms with Crippen LogP contribution in [0.15, 0.2) is 36.5 Å². The molecule has 0 aliphatic heterocycles. The number of rotatable bonds is 4. The molecular formula is C15H16N2O3. The lowest BCUT2D eigenvalue weighted by molar-refractivity contribution is 0.0950. The Morgan fingerprint density at radius 2 is 2.05 bits per heavy atom. The summed E-state index contributed by atoms with van der Waals surface area (Å²) in [5.41, 5.74) is 2.20. The first-order valence-corrected chi connectivity index (χ1v) is 6.34. The van der Waals surface area contributed by atoms with Crippen LogP contribution in [0.1, 0.15) is 28.5 Å². The molecule has 0 aliphatic carbocycles. The van der Waals surface area contributed by atoms with Crippen LogP contribution in [-0.2, 0) is 13.0 Å². The zero-order valence-electron chi connectivity index (χ0n) is 11.1. The third kappa shape index (κ3) is 3.06. The summed E-state index contributed by atoms with van der Waals surface area (Å²) >= 11 is 0. The predicted molar refractivity (Wildman–Crippen MR) is 74.6 cm³/mol. The van der Waals surface area contributed by atoms with Gasteiger partial charge >= 0.3 is 0 Å². The maximum absolute atomic E-state index is 11.9. The number of amides is 1. The highest BCUT2D eigenvalue weighted by Crippen LogP contribution is 2.24. The van der Waals surface area contributed by atoms with Gasteiger partial charge in [0.05, 0.1) is 12.2 Å². The van der Waals surface area contributed by atoms with Gasteiger partial charge in [-0.15, -0.1) is 0 Å². The van der Waals surface area contributed by atoms with E-state index in [0.717, 1.165) is 17.7 Å². The summed E-state index contributed by atoms with van der Waals surface area (Å²) in [6.07, 6.45) is 2.53. The van der Waals surface area contributed by atoms with Crippen molar-refractivity contribution in [3.63, 3.8) is 0 Å².